The molecule has 2 rings (SSSR count). The molecule has 1 saturated heterocycles. The Bertz CT molecular complexity index is 495. The van der Waals surface area contributed by atoms with Crippen molar-refractivity contribution in [3.8, 4) is 0 Å². The monoisotopic (exact) mass is 304 g/mol. The summed E-state index contributed by atoms with van der Waals surface area (Å²) in [6.07, 6.45) is 0.663. The fourth-order valence-corrected chi connectivity index (χ4v) is 3.04. The molecular formula is C15H20F4N2. The van der Waals surface area contributed by atoms with Gasteiger partial charge in [0.2, 0.25) is 0 Å². The van der Waals surface area contributed by atoms with Crippen molar-refractivity contribution in [2.24, 2.45) is 5.92 Å². The van der Waals surface area contributed by atoms with Gasteiger partial charge in [-0.15, -0.1) is 0 Å². The molecule has 0 radical (unpaired) electrons. The van der Waals surface area contributed by atoms with Gasteiger partial charge in [0, 0.05) is 24.7 Å². The summed E-state index contributed by atoms with van der Waals surface area (Å²) in [6, 6.07) is 0.243. The molecule has 1 heterocycles. The van der Waals surface area contributed by atoms with Crippen LogP contribution in [0.25, 0.3) is 0 Å². The Morgan fingerprint density at radius 1 is 1.14 bits per heavy atom. The van der Waals surface area contributed by atoms with E-state index in [1.807, 2.05) is 20.8 Å². The van der Waals surface area contributed by atoms with Gasteiger partial charge in [-0.1, -0.05) is 13.8 Å². The van der Waals surface area contributed by atoms with Crippen molar-refractivity contribution in [3.05, 3.63) is 29.3 Å². The molecule has 0 spiro atoms. The Kier molecular flexibility index (Phi) is 4.76. The highest BCUT2D eigenvalue weighted by atomic mass is 19.2. The van der Waals surface area contributed by atoms with Crippen LogP contribution in [0.15, 0.2) is 6.07 Å². The lowest BCUT2D eigenvalue weighted by atomic mass is 9.86. The summed E-state index contributed by atoms with van der Waals surface area (Å²) in [5, 5.41) is 3.33. The van der Waals surface area contributed by atoms with Crippen molar-refractivity contribution in [2.75, 3.05) is 18.0 Å². The number of anilines is 1. The van der Waals surface area contributed by atoms with E-state index in [1.54, 1.807) is 0 Å². The molecule has 0 aliphatic carbocycles. The normalized spacial score (nSPS) is 26.2. The molecule has 2 nitrogen and oxygen atoms in total. The van der Waals surface area contributed by atoms with Crippen molar-refractivity contribution >= 4 is 5.69 Å². The van der Waals surface area contributed by atoms with Gasteiger partial charge in [0.05, 0.1) is 0 Å². The SMILES string of the molecule is CCNC1CCN(c2c(F)c(F)cc(F)c2F)C(C)C1C. The molecule has 1 N–H and O–H groups in total. The van der Waals surface area contributed by atoms with Crippen LogP contribution in [-0.4, -0.2) is 25.2 Å². The summed E-state index contributed by atoms with van der Waals surface area (Å²) in [6.45, 7) is 6.93. The third-order valence-corrected chi connectivity index (χ3v) is 4.41. The minimum absolute atomic E-state index is 0.101. The molecule has 0 saturated carbocycles. The second kappa shape index (κ2) is 6.22. The first-order chi connectivity index (χ1) is 9.88. The van der Waals surface area contributed by atoms with Gasteiger partial charge in [0.25, 0.3) is 0 Å². The van der Waals surface area contributed by atoms with Gasteiger partial charge in [-0.25, -0.2) is 17.6 Å². The highest BCUT2D eigenvalue weighted by Crippen LogP contribution is 2.34. The maximum Gasteiger partial charge on any atom is 0.185 e. The standard InChI is InChI=1S/C15H20F4N2/c1-4-20-12-5-6-21(9(3)8(12)2)15-13(18)10(16)7-11(17)14(15)19/h7-9,12,20H,4-6H2,1-3H3. The van der Waals surface area contributed by atoms with Crippen molar-refractivity contribution in [1.82, 2.24) is 5.32 Å². The van der Waals surface area contributed by atoms with Gasteiger partial charge >= 0.3 is 0 Å². The number of benzene rings is 1. The Balaban J connectivity index is 2.36. The summed E-state index contributed by atoms with van der Waals surface area (Å²) >= 11 is 0. The lowest BCUT2D eigenvalue weighted by molar-refractivity contribution is 0.270. The van der Waals surface area contributed by atoms with Crippen LogP contribution >= 0.6 is 0 Å². The van der Waals surface area contributed by atoms with E-state index in [0.717, 1.165) is 6.54 Å². The number of nitrogens with one attached hydrogen (secondary N) is 1. The molecular weight excluding hydrogens is 284 g/mol. The second-order valence-corrected chi connectivity index (χ2v) is 5.56. The van der Waals surface area contributed by atoms with E-state index in [1.165, 1.54) is 4.90 Å². The van der Waals surface area contributed by atoms with E-state index >= 15 is 0 Å². The van der Waals surface area contributed by atoms with E-state index in [-0.39, 0.29) is 24.1 Å². The zero-order valence-corrected chi connectivity index (χ0v) is 12.4. The Morgan fingerprint density at radius 3 is 2.24 bits per heavy atom. The molecule has 0 bridgehead atoms. The third-order valence-electron chi connectivity index (χ3n) is 4.41. The van der Waals surface area contributed by atoms with Crippen molar-refractivity contribution in [2.45, 2.75) is 39.3 Å². The van der Waals surface area contributed by atoms with E-state index in [4.69, 9.17) is 0 Å². The molecule has 6 heteroatoms. The molecule has 1 aromatic carbocycles. The molecule has 118 valence electrons. The Hall–Kier alpha value is -1.30. The summed E-state index contributed by atoms with van der Waals surface area (Å²) < 4.78 is 54.6. The topological polar surface area (TPSA) is 15.3 Å². The van der Waals surface area contributed by atoms with Crippen LogP contribution in [0, 0.1) is 29.2 Å². The van der Waals surface area contributed by atoms with Crippen LogP contribution in [0.4, 0.5) is 23.2 Å². The number of rotatable bonds is 3. The van der Waals surface area contributed by atoms with E-state index in [9.17, 15) is 17.6 Å². The molecule has 1 aromatic rings. The first-order valence-corrected chi connectivity index (χ1v) is 7.21. The van der Waals surface area contributed by atoms with Gasteiger partial charge in [-0.05, 0) is 25.8 Å². The average molecular weight is 304 g/mol. The zero-order chi connectivity index (χ0) is 15.7. The number of halogens is 4. The summed E-state index contributed by atoms with van der Waals surface area (Å²) in [7, 11) is 0. The highest BCUT2D eigenvalue weighted by molar-refractivity contribution is 5.51. The fraction of sp³-hybridized carbons (Fsp3) is 0.600. The molecule has 1 fully saturated rings. The fourth-order valence-electron chi connectivity index (χ4n) is 3.04. The largest absolute Gasteiger partial charge is 0.364 e. The zero-order valence-electron chi connectivity index (χ0n) is 12.4. The Morgan fingerprint density at radius 2 is 1.71 bits per heavy atom. The lowest BCUT2D eigenvalue weighted by Crippen LogP contribution is -2.54. The van der Waals surface area contributed by atoms with Gasteiger partial charge < -0.3 is 10.2 Å². The quantitative estimate of drug-likeness (QED) is 0.679. The van der Waals surface area contributed by atoms with Crippen LogP contribution in [0.3, 0.4) is 0 Å². The lowest BCUT2D eigenvalue weighted by Gasteiger charge is -2.44. The van der Waals surface area contributed by atoms with Gasteiger partial charge in [-0.2, -0.15) is 0 Å². The molecule has 3 atom stereocenters. The van der Waals surface area contributed by atoms with Gasteiger partial charge in [0.15, 0.2) is 23.3 Å². The van der Waals surface area contributed by atoms with Crippen molar-refractivity contribution in [3.63, 3.8) is 0 Å². The summed E-state index contributed by atoms with van der Waals surface area (Å²) in [5.74, 6) is -5.27. The van der Waals surface area contributed by atoms with Crippen LogP contribution < -0.4 is 10.2 Å². The van der Waals surface area contributed by atoms with Gasteiger partial charge in [-0.3, -0.25) is 0 Å². The summed E-state index contributed by atoms with van der Waals surface area (Å²) in [5.41, 5.74) is -0.596. The van der Waals surface area contributed by atoms with Crippen LogP contribution in [0.1, 0.15) is 27.2 Å². The molecule has 21 heavy (non-hydrogen) atoms. The van der Waals surface area contributed by atoms with Crippen molar-refractivity contribution < 1.29 is 17.6 Å². The summed E-state index contributed by atoms with van der Waals surface area (Å²) in [4.78, 5) is 1.43. The van der Waals surface area contributed by atoms with Crippen LogP contribution in [-0.2, 0) is 0 Å². The molecule has 0 amide bonds. The maximum absolute atomic E-state index is 13.9. The van der Waals surface area contributed by atoms with E-state index in [0.29, 0.717) is 13.0 Å². The van der Waals surface area contributed by atoms with Crippen LogP contribution in [0.5, 0.6) is 0 Å². The van der Waals surface area contributed by atoms with Crippen molar-refractivity contribution in [1.29, 1.82) is 0 Å². The Labute approximate surface area is 122 Å². The number of piperidine rings is 1. The number of hydrogen-bond donors (Lipinski definition) is 1. The van der Waals surface area contributed by atoms with E-state index in [2.05, 4.69) is 5.32 Å². The predicted octanol–water partition coefficient (Wildman–Crippen LogP) is 3.46. The average Bonchev–Trinajstić information content (AvgIpc) is 2.44. The minimum Gasteiger partial charge on any atom is -0.364 e. The maximum atomic E-state index is 13.9. The number of nitrogens with zero attached hydrogens (tertiary/aromatic N) is 1. The van der Waals surface area contributed by atoms with Crippen LogP contribution in [0.2, 0.25) is 0 Å². The van der Waals surface area contributed by atoms with E-state index < -0.39 is 29.0 Å². The minimum atomic E-state index is -1.36. The molecule has 0 aromatic heterocycles. The number of hydrogen-bond acceptors (Lipinski definition) is 2. The smallest absolute Gasteiger partial charge is 0.185 e. The molecule has 1 aliphatic heterocycles. The molecule has 3 unspecified atom stereocenters. The van der Waals surface area contributed by atoms with Gasteiger partial charge in [0.1, 0.15) is 5.69 Å². The predicted molar refractivity (Wildman–Crippen MR) is 74.3 cm³/mol. The first-order valence-electron chi connectivity index (χ1n) is 7.21. The first kappa shape index (κ1) is 16.1. The second-order valence-electron chi connectivity index (χ2n) is 5.56. The molecule has 1 aliphatic rings. The highest BCUT2D eigenvalue weighted by Gasteiger charge is 2.35. The third kappa shape index (κ3) is 2.86.